The molecule has 2 aliphatic carbocycles. The van der Waals surface area contributed by atoms with Crippen LogP contribution in [0.4, 0.5) is 0 Å². The summed E-state index contributed by atoms with van der Waals surface area (Å²) in [6, 6.07) is 0. The molecule has 0 N–H and O–H groups in total. The number of unbranched alkanes of at least 4 members (excludes halogenated alkanes) is 1. The monoisotopic (exact) mass is 149 g/mol. The first-order valence-corrected chi connectivity index (χ1v) is 4.83. The molecule has 0 aromatic heterocycles. The van der Waals surface area contributed by atoms with Crippen molar-refractivity contribution >= 4 is 0 Å². The fourth-order valence-corrected chi connectivity index (χ4v) is 2.64. The standard InChI is InChI=1S/C11H17/c1-2-3-6-11-7-4-10(9-11)5-8-11/h4,7,10H,1-3,5-6,8-9H2. The molecular weight excluding hydrogens is 132 g/mol. The smallest absolute Gasteiger partial charge is 0.0112 e. The first kappa shape index (κ1) is 7.39. The van der Waals surface area contributed by atoms with Gasteiger partial charge in [-0.1, -0.05) is 31.9 Å². The van der Waals surface area contributed by atoms with Crippen LogP contribution in [0.15, 0.2) is 12.2 Å². The maximum Gasteiger partial charge on any atom is -0.0112 e. The third-order valence-electron chi connectivity index (χ3n) is 3.33. The molecule has 2 unspecified atom stereocenters. The Balaban J connectivity index is 1.95. The van der Waals surface area contributed by atoms with E-state index in [0.29, 0.717) is 5.41 Å². The van der Waals surface area contributed by atoms with Crippen LogP contribution < -0.4 is 0 Å². The van der Waals surface area contributed by atoms with Crippen molar-refractivity contribution in [3.63, 3.8) is 0 Å². The molecule has 0 nitrogen and oxygen atoms in total. The molecule has 0 aliphatic heterocycles. The summed E-state index contributed by atoms with van der Waals surface area (Å²) in [5, 5.41) is 0. The number of rotatable bonds is 3. The summed E-state index contributed by atoms with van der Waals surface area (Å²) in [5.74, 6) is 0.944. The fourth-order valence-electron chi connectivity index (χ4n) is 2.64. The lowest BCUT2D eigenvalue weighted by molar-refractivity contribution is 0.359. The Hall–Kier alpha value is -0.260. The molecule has 1 fully saturated rings. The second-order valence-corrected chi connectivity index (χ2v) is 4.18. The number of hydrogen-bond donors (Lipinski definition) is 0. The van der Waals surface area contributed by atoms with Crippen molar-refractivity contribution in [3.05, 3.63) is 19.1 Å². The maximum atomic E-state index is 3.90. The van der Waals surface area contributed by atoms with Gasteiger partial charge >= 0.3 is 0 Å². The average molecular weight is 149 g/mol. The van der Waals surface area contributed by atoms with Crippen molar-refractivity contribution in [2.45, 2.75) is 38.5 Å². The van der Waals surface area contributed by atoms with Gasteiger partial charge in [-0.05, 0) is 37.0 Å². The third-order valence-corrected chi connectivity index (χ3v) is 3.33. The molecule has 0 heterocycles. The molecule has 0 spiro atoms. The average Bonchev–Trinajstić information content (AvgIpc) is 2.60. The third kappa shape index (κ3) is 1.23. The van der Waals surface area contributed by atoms with Gasteiger partial charge < -0.3 is 0 Å². The van der Waals surface area contributed by atoms with Crippen LogP contribution in [0.3, 0.4) is 0 Å². The molecule has 2 bridgehead atoms. The molecule has 2 atom stereocenters. The van der Waals surface area contributed by atoms with Crippen molar-refractivity contribution in [1.29, 1.82) is 0 Å². The van der Waals surface area contributed by atoms with Crippen molar-refractivity contribution in [2.24, 2.45) is 11.3 Å². The molecule has 1 radical (unpaired) electrons. The molecule has 0 aromatic carbocycles. The Kier molecular flexibility index (Phi) is 1.78. The first-order chi connectivity index (χ1) is 5.35. The van der Waals surface area contributed by atoms with Gasteiger partial charge in [-0.25, -0.2) is 0 Å². The van der Waals surface area contributed by atoms with E-state index in [4.69, 9.17) is 0 Å². The molecule has 2 rings (SSSR count). The lowest BCUT2D eigenvalue weighted by Gasteiger charge is -2.22. The van der Waals surface area contributed by atoms with E-state index in [0.717, 1.165) is 12.3 Å². The predicted molar refractivity (Wildman–Crippen MR) is 48.1 cm³/mol. The van der Waals surface area contributed by atoms with E-state index in [2.05, 4.69) is 19.1 Å². The quantitative estimate of drug-likeness (QED) is 0.540. The van der Waals surface area contributed by atoms with Crippen molar-refractivity contribution < 1.29 is 0 Å². The van der Waals surface area contributed by atoms with Crippen LogP contribution in [0.2, 0.25) is 0 Å². The Bertz CT molecular complexity index is 169. The van der Waals surface area contributed by atoms with E-state index < -0.39 is 0 Å². The SMILES string of the molecule is [CH2]CCCC12C=CC(CC1)C2. The van der Waals surface area contributed by atoms with Gasteiger partial charge in [-0.2, -0.15) is 0 Å². The summed E-state index contributed by atoms with van der Waals surface area (Å²) < 4.78 is 0. The van der Waals surface area contributed by atoms with Crippen LogP contribution in [0.5, 0.6) is 0 Å². The molecule has 11 heavy (non-hydrogen) atoms. The zero-order valence-electron chi connectivity index (χ0n) is 7.18. The topological polar surface area (TPSA) is 0 Å². The summed E-state index contributed by atoms with van der Waals surface area (Å²) in [4.78, 5) is 0. The van der Waals surface area contributed by atoms with Gasteiger partial charge in [0.2, 0.25) is 0 Å². The maximum absolute atomic E-state index is 3.90. The Labute approximate surface area is 69.7 Å². The van der Waals surface area contributed by atoms with Crippen LogP contribution >= 0.6 is 0 Å². The molecule has 1 saturated carbocycles. The molecular formula is C11H17. The summed E-state index contributed by atoms with van der Waals surface area (Å²) in [7, 11) is 0. The fraction of sp³-hybridized carbons (Fsp3) is 0.727. The zero-order valence-corrected chi connectivity index (χ0v) is 7.18. The van der Waals surface area contributed by atoms with Gasteiger partial charge in [0.05, 0.1) is 0 Å². The van der Waals surface area contributed by atoms with Crippen molar-refractivity contribution in [1.82, 2.24) is 0 Å². The van der Waals surface area contributed by atoms with Gasteiger partial charge in [0.25, 0.3) is 0 Å². The summed E-state index contributed by atoms with van der Waals surface area (Å²) in [6.45, 7) is 3.90. The summed E-state index contributed by atoms with van der Waals surface area (Å²) >= 11 is 0. The van der Waals surface area contributed by atoms with Gasteiger partial charge in [0, 0.05) is 0 Å². The molecule has 0 amide bonds. The molecule has 0 saturated heterocycles. The summed E-state index contributed by atoms with van der Waals surface area (Å²) in [6.07, 6.45) is 13.1. The highest BCUT2D eigenvalue weighted by molar-refractivity contribution is 5.15. The van der Waals surface area contributed by atoms with Gasteiger partial charge in [-0.15, -0.1) is 0 Å². The van der Waals surface area contributed by atoms with Crippen LogP contribution in [-0.4, -0.2) is 0 Å². The molecule has 0 aromatic rings. The molecule has 0 heteroatoms. The highest BCUT2D eigenvalue weighted by Crippen LogP contribution is 2.51. The van der Waals surface area contributed by atoms with E-state index in [9.17, 15) is 0 Å². The van der Waals surface area contributed by atoms with Crippen LogP contribution in [0, 0.1) is 18.3 Å². The number of allylic oxidation sites excluding steroid dienone is 2. The predicted octanol–water partition coefficient (Wildman–Crippen LogP) is 3.35. The van der Waals surface area contributed by atoms with E-state index in [1.54, 1.807) is 0 Å². The van der Waals surface area contributed by atoms with E-state index in [1.807, 2.05) is 0 Å². The Morgan fingerprint density at radius 2 is 2.45 bits per heavy atom. The van der Waals surface area contributed by atoms with Crippen LogP contribution in [0.25, 0.3) is 0 Å². The Morgan fingerprint density at radius 3 is 2.91 bits per heavy atom. The van der Waals surface area contributed by atoms with Gasteiger partial charge in [0.15, 0.2) is 0 Å². The normalized spacial score (nSPS) is 40.3. The first-order valence-electron chi connectivity index (χ1n) is 4.83. The van der Waals surface area contributed by atoms with Crippen molar-refractivity contribution in [3.8, 4) is 0 Å². The van der Waals surface area contributed by atoms with Crippen molar-refractivity contribution in [2.75, 3.05) is 0 Å². The highest BCUT2D eigenvalue weighted by Gasteiger charge is 2.39. The second-order valence-electron chi connectivity index (χ2n) is 4.18. The van der Waals surface area contributed by atoms with E-state index in [1.165, 1.54) is 32.1 Å². The van der Waals surface area contributed by atoms with E-state index in [-0.39, 0.29) is 0 Å². The number of fused-ring (bicyclic) bond motifs is 2. The Morgan fingerprint density at radius 1 is 1.55 bits per heavy atom. The lowest BCUT2D eigenvalue weighted by atomic mass is 9.83. The van der Waals surface area contributed by atoms with Gasteiger partial charge in [0.1, 0.15) is 0 Å². The second kappa shape index (κ2) is 2.66. The highest BCUT2D eigenvalue weighted by atomic mass is 14.4. The lowest BCUT2D eigenvalue weighted by Crippen LogP contribution is -2.10. The van der Waals surface area contributed by atoms with Gasteiger partial charge in [-0.3, -0.25) is 0 Å². The van der Waals surface area contributed by atoms with Crippen LogP contribution in [-0.2, 0) is 0 Å². The minimum absolute atomic E-state index is 0.641. The minimum Gasteiger partial charge on any atom is -0.0848 e. The largest absolute Gasteiger partial charge is 0.0848 e. The molecule has 61 valence electrons. The van der Waals surface area contributed by atoms with E-state index >= 15 is 0 Å². The zero-order chi connectivity index (χ0) is 7.73. The number of hydrogen-bond acceptors (Lipinski definition) is 0. The minimum atomic E-state index is 0.641. The molecule has 2 aliphatic rings. The summed E-state index contributed by atoms with van der Waals surface area (Å²) in [5.41, 5.74) is 0.641. The van der Waals surface area contributed by atoms with Crippen LogP contribution in [0.1, 0.15) is 38.5 Å².